The van der Waals surface area contributed by atoms with Crippen molar-refractivity contribution in [3.8, 4) is 0 Å². The van der Waals surface area contributed by atoms with Gasteiger partial charge < -0.3 is 4.52 Å². The van der Waals surface area contributed by atoms with E-state index in [4.69, 9.17) is 4.52 Å². The van der Waals surface area contributed by atoms with Gasteiger partial charge >= 0.3 is 0 Å². The van der Waals surface area contributed by atoms with Crippen molar-refractivity contribution in [2.45, 2.75) is 33.4 Å². The van der Waals surface area contributed by atoms with Crippen molar-refractivity contribution in [1.82, 2.24) is 0 Å². The monoisotopic (exact) mass is 202 g/mol. The van der Waals surface area contributed by atoms with Gasteiger partial charge in [-0.05, 0) is 27.7 Å². The highest BCUT2D eigenvalue weighted by Gasteiger charge is 2.29. The molecule has 0 radical (unpaired) electrons. The second-order valence-electron chi connectivity index (χ2n) is 3.02. The third kappa shape index (κ3) is 3.13. The Bertz CT molecular complexity index is 243. The molecule has 0 bridgehead atoms. The van der Waals surface area contributed by atoms with Gasteiger partial charge in [-0.15, -0.1) is 0 Å². The quantitative estimate of drug-likeness (QED) is 0.500. The van der Waals surface area contributed by atoms with E-state index >= 15 is 0 Å². The zero-order chi connectivity index (χ0) is 10.5. The van der Waals surface area contributed by atoms with Crippen LogP contribution in [0.3, 0.4) is 0 Å². The molecule has 0 spiro atoms. The van der Waals surface area contributed by atoms with Crippen molar-refractivity contribution >= 4 is 7.37 Å². The number of allylic oxidation sites excluding steroid dienone is 3. The fourth-order valence-corrected chi connectivity index (χ4v) is 3.09. The number of rotatable bonds is 5. The van der Waals surface area contributed by atoms with E-state index in [0.29, 0.717) is 11.9 Å². The fourth-order valence-electron chi connectivity index (χ4n) is 1.16. The minimum absolute atomic E-state index is 0.0741. The van der Waals surface area contributed by atoms with Gasteiger partial charge in [0.25, 0.3) is 0 Å². The first-order valence-corrected chi connectivity index (χ1v) is 6.21. The van der Waals surface area contributed by atoms with E-state index in [1.807, 2.05) is 32.9 Å². The van der Waals surface area contributed by atoms with Crippen molar-refractivity contribution in [1.29, 1.82) is 0 Å². The molecule has 2 nitrogen and oxygen atoms in total. The van der Waals surface area contributed by atoms with Gasteiger partial charge in [0, 0.05) is 5.31 Å². The molecule has 0 rings (SSSR count). The van der Waals surface area contributed by atoms with Gasteiger partial charge in [0.05, 0.1) is 12.3 Å². The van der Waals surface area contributed by atoms with Crippen molar-refractivity contribution in [3.63, 3.8) is 0 Å². The van der Waals surface area contributed by atoms with E-state index in [1.54, 1.807) is 6.92 Å². The van der Waals surface area contributed by atoms with Crippen molar-refractivity contribution in [3.05, 3.63) is 24.0 Å². The molecule has 0 aromatic carbocycles. The first kappa shape index (κ1) is 12.7. The molecule has 0 aliphatic rings. The minimum Gasteiger partial charge on any atom is -0.325 e. The molecule has 0 heterocycles. The van der Waals surface area contributed by atoms with Crippen LogP contribution in [-0.4, -0.2) is 12.3 Å². The maximum Gasteiger partial charge on any atom is 0.233 e. The summed E-state index contributed by atoms with van der Waals surface area (Å²) in [7, 11) is -2.68. The van der Waals surface area contributed by atoms with Crippen LogP contribution < -0.4 is 0 Å². The van der Waals surface area contributed by atoms with Crippen LogP contribution in [0.25, 0.3) is 0 Å². The van der Waals surface area contributed by atoms with Crippen LogP contribution in [0.2, 0.25) is 0 Å². The summed E-state index contributed by atoms with van der Waals surface area (Å²) in [4.78, 5) is 0. The molecule has 76 valence electrons. The van der Waals surface area contributed by atoms with Crippen LogP contribution in [-0.2, 0) is 9.09 Å². The standard InChI is InChI=1S/C10H19O2P/c1-6-8-10(5)13(11,9(3)4)12-7-2/h6,8,10H,3,7H2,1-2,4-5H3/b8-6+. The van der Waals surface area contributed by atoms with Crippen LogP contribution >= 0.6 is 7.37 Å². The number of hydrogen-bond donors (Lipinski definition) is 0. The average Bonchev–Trinajstić information content (AvgIpc) is 2.04. The molecule has 0 saturated carbocycles. The molecule has 0 amide bonds. The second kappa shape index (κ2) is 5.41. The predicted octanol–water partition coefficient (Wildman–Crippen LogP) is 3.80. The lowest BCUT2D eigenvalue weighted by Crippen LogP contribution is -2.04. The lowest BCUT2D eigenvalue weighted by molar-refractivity contribution is 0.335. The smallest absolute Gasteiger partial charge is 0.233 e. The molecule has 0 aromatic rings. The maximum atomic E-state index is 12.2. The summed E-state index contributed by atoms with van der Waals surface area (Å²) in [6.45, 7) is 11.6. The van der Waals surface area contributed by atoms with E-state index in [2.05, 4.69) is 6.58 Å². The molecule has 2 atom stereocenters. The molecule has 0 aromatic heterocycles. The Balaban J connectivity index is 4.78. The second-order valence-corrected chi connectivity index (χ2v) is 6.05. The van der Waals surface area contributed by atoms with E-state index in [0.717, 1.165) is 0 Å². The van der Waals surface area contributed by atoms with E-state index in [1.165, 1.54) is 0 Å². The van der Waals surface area contributed by atoms with Gasteiger partial charge in [-0.3, -0.25) is 4.57 Å². The summed E-state index contributed by atoms with van der Waals surface area (Å²) in [5.41, 5.74) is -0.0741. The van der Waals surface area contributed by atoms with E-state index < -0.39 is 7.37 Å². The largest absolute Gasteiger partial charge is 0.325 e. The Morgan fingerprint density at radius 1 is 1.69 bits per heavy atom. The third-order valence-electron chi connectivity index (χ3n) is 1.86. The Hall–Kier alpha value is -0.330. The Kier molecular flexibility index (Phi) is 5.27. The topological polar surface area (TPSA) is 26.3 Å². The minimum atomic E-state index is -2.68. The highest BCUT2D eigenvalue weighted by molar-refractivity contribution is 7.64. The van der Waals surface area contributed by atoms with E-state index in [-0.39, 0.29) is 5.66 Å². The Morgan fingerprint density at radius 3 is 2.54 bits per heavy atom. The third-order valence-corrected chi connectivity index (χ3v) is 4.81. The average molecular weight is 202 g/mol. The van der Waals surface area contributed by atoms with Gasteiger partial charge in [-0.25, -0.2) is 0 Å². The normalized spacial score (nSPS) is 18.5. The lowest BCUT2D eigenvalue weighted by atomic mass is 10.4. The van der Waals surface area contributed by atoms with Crippen LogP contribution in [0.5, 0.6) is 0 Å². The van der Waals surface area contributed by atoms with Gasteiger partial charge in [0.2, 0.25) is 7.37 Å². The molecular formula is C10H19O2P. The molecule has 0 aliphatic heterocycles. The van der Waals surface area contributed by atoms with Crippen molar-refractivity contribution in [2.24, 2.45) is 0 Å². The van der Waals surface area contributed by atoms with Gasteiger partial charge in [-0.2, -0.15) is 0 Å². The zero-order valence-corrected chi connectivity index (χ0v) is 9.80. The molecule has 0 fully saturated rings. The van der Waals surface area contributed by atoms with Gasteiger partial charge in [-0.1, -0.05) is 18.7 Å². The highest BCUT2D eigenvalue weighted by atomic mass is 31.2. The van der Waals surface area contributed by atoms with Crippen molar-refractivity contribution < 1.29 is 9.09 Å². The molecular weight excluding hydrogens is 183 g/mol. The summed E-state index contributed by atoms with van der Waals surface area (Å²) >= 11 is 0. The molecule has 0 aliphatic carbocycles. The summed E-state index contributed by atoms with van der Waals surface area (Å²) in [5.74, 6) is 0. The zero-order valence-electron chi connectivity index (χ0n) is 8.91. The SMILES string of the molecule is C=C(C)P(=O)(OCC)C(C)/C=C/C. The molecule has 13 heavy (non-hydrogen) atoms. The van der Waals surface area contributed by atoms with E-state index in [9.17, 15) is 4.57 Å². The highest BCUT2D eigenvalue weighted by Crippen LogP contribution is 2.58. The molecule has 2 unspecified atom stereocenters. The van der Waals surface area contributed by atoms with Crippen LogP contribution in [0.15, 0.2) is 24.0 Å². The van der Waals surface area contributed by atoms with Gasteiger partial charge in [0.1, 0.15) is 0 Å². The van der Waals surface area contributed by atoms with Gasteiger partial charge in [0.15, 0.2) is 0 Å². The van der Waals surface area contributed by atoms with Crippen LogP contribution in [0.4, 0.5) is 0 Å². The first-order valence-electron chi connectivity index (χ1n) is 4.52. The van der Waals surface area contributed by atoms with Crippen LogP contribution in [0, 0.1) is 0 Å². The summed E-state index contributed by atoms with van der Waals surface area (Å²) in [6, 6.07) is 0. The molecule has 3 heteroatoms. The molecule has 0 N–H and O–H groups in total. The first-order chi connectivity index (χ1) is 5.99. The fraction of sp³-hybridized carbons (Fsp3) is 0.600. The maximum absolute atomic E-state index is 12.2. The lowest BCUT2D eigenvalue weighted by Gasteiger charge is -2.22. The number of hydrogen-bond acceptors (Lipinski definition) is 2. The summed E-state index contributed by atoms with van der Waals surface area (Å²) in [6.07, 6.45) is 3.78. The summed E-state index contributed by atoms with van der Waals surface area (Å²) < 4.78 is 17.5. The Morgan fingerprint density at radius 2 is 2.23 bits per heavy atom. The predicted molar refractivity (Wildman–Crippen MR) is 58.3 cm³/mol. The van der Waals surface area contributed by atoms with Crippen molar-refractivity contribution in [2.75, 3.05) is 6.61 Å². The molecule has 0 saturated heterocycles. The summed E-state index contributed by atoms with van der Waals surface area (Å²) in [5, 5.41) is 0.639. The Labute approximate surface area is 81.1 Å². The van der Waals surface area contributed by atoms with Crippen LogP contribution in [0.1, 0.15) is 27.7 Å².